The molecule has 0 aromatic carbocycles. The molecule has 1 atom stereocenters. The highest BCUT2D eigenvalue weighted by Crippen LogP contribution is 2.29. The monoisotopic (exact) mass is 206 g/mol. The van der Waals surface area contributed by atoms with E-state index in [1.807, 2.05) is 23.5 Å². The van der Waals surface area contributed by atoms with Crippen molar-refractivity contribution < 1.29 is 9.47 Å². The van der Waals surface area contributed by atoms with E-state index in [0.717, 1.165) is 19.8 Å². The maximum absolute atomic E-state index is 5.67. The summed E-state index contributed by atoms with van der Waals surface area (Å²) < 4.78 is 11.1. The highest BCUT2D eigenvalue weighted by Gasteiger charge is 2.26. The Morgan fingerprint density at radius 1 is 1.08 bits per heavy atom. The smallest absolute Gasteiger partial charge is 0.0853 e. The van der Waals surface area contributed by atoms with Crippen LogP contribution in [0.5, 0.6) is 0 Å². The highest BCUT2D eigenvalue weighted by atomic mass is 32.2. The third-order valence-electron chi connectivity index (χ3n) is 2.20. The van der Waals surface area contributed by atoms with Crippen LogP contribution >= 0.6 is 23.5 Å². The lowest BCUT2D eigenvalue weighted by atomic mass is 10.1. The summed E-state index contributed by atoms with van der Waals surface area (Å²) in [5.41, 5.74) is 0. The van der Waals surface area contributed by atoms with Gasteiger partial charge in [0.15, 0.2) is 0 Å². The first-order valence-corrected chi connectivity index (χ1v) is 6.62. The van der Waals surface area contributed by atoms with E-state index < -0.39 is 0 Å². The largest absolute Gasteiger partial charge is 0.376 e. The van der Waals surface area contributed by atoms with Crippen LogP contribution < -0.4 is 0 Å². The van der Waals surface area contributed by atoms with E-state index in [1.165, 1.54) is 16.6 Å². The quantitative estimate of drug-likeness (QED) is 0.646. The third-order valence-corrected chi connectivity index (χ3v) is 4.86. The van der Waals surface area contributed by atoms with Crippen LogP contribution in [0.4, 0.5) is 0 Å². The molecule has 0 N–H and O–H groups in total. The Morgan fingerprint density at radius 2 is 1.92 bits per heavy atom. The average molecular weight is 206 g/mol. The molecule has 0 radical (unpaired) electrons. The van der Waals surface area contributed by atoms with Crippen molar-refractivity contribution in [1.82, 2.24) is 0 Å². The van der Waals surface area contributed by atoms with Gasteiger partial charge < -0.3 is 9.47 Å². The van der Waals surface area contributed by atoms with E-state index in [0.29, 0.717) is 12.0 Å². The van der Waals surface area contributed by atoms with Crippen molar-refractivity contribution >= 4 is 23.5 Å². The van der Waals surface area contributed by atoms with Crippen LogP contribution in [0.1, 0.15) is 0 Å². The minimum absolute atomic E-state index is 0.374. The molecule has 1 unspecified atom stereocenters. The Labute approximate surface area is 81.8 Å². The molecule has 0 aliphatic carbocycles. The van der Waals surface area contributed by atoms with Crippen molar-refractivity contribution in [2.24, 2.45) is 5.92 Å². The minimum Gasteiger partial charge on any atom is -0.376 e. The minimum atomic E-state index is 0.374. The zero-order valence-corrected chi connectivity index (χ0v) is 8.66. The van der Waals surface area contributed by atoms with Crippen LogP contribution in [0.15, 0.2) is 0 Å². The molecule has 0 aromatic rings. The fraction of sp³-hybridized carbons (Fsp3) is 1.00. The lowest BCUT2D eigenvalue weighted by molar-refractivity contribution is -0.104. The summed E-state index contributed by atoms with van der Waals surface area (Å²) in [5, 5.41) is 1.25. The summed E-state index contributed by atoms with van der Waals surface area (Å²) >= 11 is 4.05. The van der Waals surface area contributed by atoms with Crippen LogP contribution in [-0.2, 0) is 9.47 Å². The number of hydrogen-bond acceptors (Lipinski definition) is 4. The van der Waals surface area contributed by atoms with Crippen LogP contribution in [0.2, 0.25) is 0 Å². The van der Waals surface area contributed by atoms with Gasteiger partial charge in [-0.15, -0.1) is 0 Å². The first-order chi connectivity index (χ1) is 5.97. The molecular weight excluding hydrogens is 192 g/mol. The predicted molar refractivity (Wildman–Crippen MR) is 53.8 cm³/mol. The Balaban J connectivity index is 1.80. The molecule has 0 bridgehead atoms. The van der Waals surface area contributed by atoms with Crippen molar-refractivity contribution in [2.45, 2.75) is 6.10 Å². The van der Waals surface area contributed by atoms with Gasteiger partial charge in [0.2, 0.25) is 0 Å². The molecule has 2 nitrogen and oxygen atoms in total. The number of rotatable bonds is 1. The fourth-order valence-corrected chi connectivity index (χ4v) is 4.16. The summed E-state index contributed by atoms with van der Waals surface area (Å²) in [5.74, 6) is 3.22. The molecule has 2 saturated heterocycles. The van der Waals surface area contributed by atoms with E-state index >= 15 is 0 Å². The lowest BCUT2D eigenvalue weighted by Crippen LogP contribution is -2.38. The SMILES string of the molecule is C1COC(C2CSCSC2)CO1. The summed E-state index contributed by atoms with van der Waals surface area (Å²) in [6, 6.07) is 0. The van der Waals surface area contributed by atoms with Crippen molar-refractivity contribution in [3.05, 3.63) is 0 Å². The van der Waals surface area contributed by atoms with Gasteiger partial charge in [-0.2, -0.15) is 23.5 Å². The first-order valence-electron chi connectivity index (χ1n) is 4.31. The van der Waals surface area contributed by atoms with Crippen LogP contribution in [-0.4, -0.2) is 42.5 Å². The van der Waals surface area contributed by atoms with Crippen LogP contribution in [0, 0.1) is 5.92 Å². The maximum Gasteiger partial charge on any atom is 0.0853 e. The molecule has 2 rings (SSSR count). The fourth-order valence-electron chi connectivity index (χ4n) is 1.50. The van der Waals surface area contributed by atoms with Crippen molar-refractivity contribution in [1.29, 1.82) is 0 Å². The third kappa shape index (κ3) is 2.31. The predicted octanol–water partition coefficient (Wildman–Crippen LogP) is 1.46. The summed E-state index contributed by atoms with van der Waals surface area (Å²) in [4.78, 5) is 0. The Hall–Kier alpha value is 0.620. The molecule has 2 heterocycles. The number of hydrogen-bond donors (Lipinski definition) is 0. The number of thioether (sulfide) groups is 2. The van der Waals surface area contributed by atoms with E-state index in [1.54, 1.807) is 0 Å². The molecule has 12 heavy (non-hydrogen) atoms. The van der Waals surface area contributed by atoms with Gasteiger partial charge in [-0.25, -0.2) is 0 Å². The summed E-state index contributed by atoms with van der Waals surface area (Å²) in [7, 11) is 0. The first kappa shape index (κ1) is 9.19. The van der Waals surface area contributed by atoms with Gasteiger partial charge in [0.05, 0.1) is 25.9 Å². The van der Waals surface area contributed by atoms with Crippen LogP contribution in [0.3, 0.4) is 0 Å². The molecule has 4 heteroatoms. The maximum atomic E-state index is 5.67. The van der Waals surface area contributed by atoms with Gasteiger partial charge in [0.1, 0.15) is 0 Å². The molecule has 2 aliphatic heterocycles. The summed E-state index contributed by atoms with van der Waals surface area (Å²) in [6.45, 7) is 2.38. The van der Waals surface area contributed by atoms with Gasteiger partial charge >= 0.3 is 0 Å². The molecule has 0 saturated carbocycles. The number of ether oxygens (including phenoxy) is 2. The van der Waals surface area contributed by atoms with Gasteiger partial charge in [0.25, 0.3) is 0 Å². The second-order valence-corrected chi connectivity index (χ2v) is 5.53. The Bertz CT molecular complexity index is 115. The second-order valence-electron chi connectivity index (χ2n) is 3.10. The van der Waals surface area contributed by atoms with Gasteiger partial charge in [-0.3, -0.25) is 0 Å². The lowest BCUT2D eigenvalue weighted by Gasteiger charge is -2.32. The Morgan fingerprint density at radius 3 is 2.58 bits per heavy atom. The van der Waals surface area contributed by atoms with Gasteiger partial charge in [-0.1, -0.05) is 0 Å². The van der Waals surface area contributed by atoms with E-state index in [-0.39, 0.29) is 0 Å². The van der Waals surface area contributed by atoms with E-state index in [2.05, 4.69) is 0 Å². The molecule has 0 spiro atoms. The zero-order valence-electron chi connectivity index (χ0n) is 7.03. The average Bonchev–Trinajstić information content (AvgIpc) is 2.21. The topological polar surface area (TPSA) is 18.5 Å². The highest BCUT2D eigenvalue weighted by molar-refractivity contribution is 8.16. The van der Waals surface area contributed by atoms with Crippen molar-refractivity contribution in [3.63, 3.8) is 0 Å². The standard InChI is InChI=1S/C8H14O2S2/c1-2-10-8(3-9-1)7-4-11-6-12-5-7/h7-8H,1-6H2. The van der Waals surface area contributed by atoms with Crippen molar-refractivity contribution in [3.8, 4) is 0 Å². The molecule has 70 valence electrons. The second kappa shape index (κ2) is 4.74. The van der Waals surface area contributed by atoms with Gasteiger partial charge in [0, 0.05) is 22.5 Å². The molecular formula is C8H14O2S2. The molecule has 2 aliphatic rings. The summed E-state index contributed by atoms with van der Waals surface area (Å²) in [6.07, 6.45) is 0.374. The molecule has 0 aromatic heterocycles. The van der Waals surface area contributed by atoms with E-state index in [4.69, 9.17) is 9.47 Å². The Kier molecular flexibility index (Phi) is 3.63. The normalized spacial score (nSPS) is 33.5. The van der Waals surface area contributed by atoms with E-state index in [9.17, 15) is 0 Å². The van der Waals surface area contributed by atoms with Gasteiger partial charge in [-0.05, 0) is 0 Å². The molecule has 2 fully saturated rings. The molecule has 0 amide bonds. The van der Waals surface area contributed by atoms with Crippen molar-refractivity contribution in [2.75, 3.05) is 36.4 Å². The van der Waals surface area contributed by atoms with Crippen LogP contribution in [0.25, 0.3) is 0 Å². The zero-order chi connectivity index (χ0) is 8.23.